The van der Waals surface area contributed by atoms with Crippen LogP contribution in [0, 0.1) is 0 Å². The van der Waals surface area contributed by atoms with E-state index in [2.05, 4.69) is 20.3 Å². The molecule has 3 N–H and O–H groups in total. The fourth-order valence-electron chi connectivity index (χ4n) is 3.54. The lowest BCUT2D eigenvalue weighted by atomic mass is 10.2. The molecule has 10 nitrogen and oxygen atoms in total. The molecular weight excluding hydrogens is 444 g/mol. The number of hydrogen-bond acceptors (Lipinski definition) is 9. The van der Waals surface area contributed by atoms with Crippen LogP contribution in [0.25, 0.3) is 0 Å². The molecule has 3 aromatic rings. The Bertz CT molecular complexity index is 1200. The number of nitrogens with two attached hydrogens (primary N) is 1. The molecule has 1 aliphatic heterocycles. The summed E-state index contributed by atoms with van der Waals surface area (Å²) in [5.74, 6) is 1.75. The van der Waals surface area contributed by atoms with Gasteiger partial charge in [0.1, 0.15) is 18.1 Å². The smallest absolute Gasteiger partial charge is 0.243 e. The summed E-state index contributed by atoms with van der Waals surface area (Å²) in [6.07, 6.45) is 2.85. The number of rotatable bonds is 8. The van der Waals surface area contributed by atoms with Crippen molar-refractivity contribution in [2.45, 2.75) is 30.8 Å². The summed E-state index contributed by atoms with van der Waals surface area (Å²) in [5.41, 5.74) is 6.51. The van der Waals surface area contributed by atoms with Crippen molar-refractivity contribution < 1.29 is 17.9 Å². The molecule has 1 aromatic heterocycles. The standard InChI is InChI=1S/C22H26N6O4S/c1-31-19-8-4-3-7-18(19)24-22-26-20(25-21(23)27-22)15-32-16-9-11-17(12-10-16)33(29,30)28-13-5-2-6-14-28/h3-4,7-12H,2,5-6,13-15H2,1H3,(H3,23,24,25,26,27). The quantitative estimate of drug-likeness (QED) is 0.510. The van der Waals surface area contributed by atoms with Crippen LogP contribution in [0.1, 0.15) is 25.1 Å². The fourth-order valence-corrected chi connectivity index (χ4v) is 5.05. The van der Waals surface area contributed by atoms with Gasteiger partial charge in [0, 0.05) is 13.1 Å². The Labute approximate surface area is 192 Å². The average Bonchev–Trinajstić information content (AvgIpc) is 2.83. The Morgan fingerprint density at radius 1 is 1.00 bits per heavy atom. The summed E-state index contributed by atoms with van der Waals surface area (Å²) in [4.78, 5) is 12.8. The Morgan fingerprint density at radius 3 is 2.45 bits per heavy atom. The Balaban J connectivity index is 1.43. The molecule has 1 aliphatic rings. The van der Waals surface area contributed by atoms with E-state index in [1.807, 2.05) is 24.3 Å². The highest BCUT2D eigenvalue weighted by Crippen LogP contribution is 2.26. The van der Waals surface area contributed by atoms with Crippen LogP contribution in [0.3, 0.4) is 0 Å². The number of sulfonamides is 1. The number of hydrogen-bond donors (Lipinski definition) is 2. The number of piperidine rings is 1. The minimum atomic E-state index is -3.48. The van der Waals surface area contributed by atoms with Crippen LogP contribution in [-0.4, -0.2) is 47.9 Å². The van der Waals surface area contributed by atoms with E-state index in [1.54, 1.807) is 31.4 Å². The summed E-state index contributed by atoms with van der Waals surface area (Å²) < 4.78 is 38.2. The maximum Gasteiger partial charge on any atom is 0.243 e. The summed E-state index contributed by atoms with van der Waals surface area (Å²) in [7, 11) is -1.91. The van der Waals surface area contributed by atoms with Crippen LogP contribution in [-0.2, 0) is 16.6 Å². The van der Waals surface area contributed by atoms with Crippen molar-refractivity contribution in [2.24, 2.45) is 0 Å². The molecule has 0 spiro atoms. The van der Waals surface area contributed by atoms with Gasteiger partial charge >= 0.3 is 0 Å². The number of ether oxygens (including phenoxy) is 2. The number of methoxy groups -OCH3 is 1. The first-order chi connectivity index (χ1) is 16.0. The zero-order chi connectivity index (χ0) is 23.3. The van der Waals surface area contributed by atoms with Crippen molar-refractivity contribution in [1.29, 1.82) is 0 Å². The summed E-state index contributed by atoms with van der Waals surface area (Å²) in [6.45, 7) is 1.16. The predicted molar refractivity (Wildman–Crippen MR) is 124 cm³/mol. The number of nitrogens with one attached hydrogen (secondary N) is 1. The third-order valence-electron chi connectivity index (χ3n) is 5.20. The zero-order valence-corrected chi connectivity index (χ0v) is 19.1. The van der Waals surface area contributed by atoms with Crippen LogP contribution in [0.5, 0.6) is 11.5 Å². The van der Waals surface area contributed by atoms with Crippen LogP contribution in [0.15, 0.2) is 53.4 Å². The van der Waals surface area contributed by atoms with E-state index in [4.69, 9.17) is 15.2 Å². The molecule has 1 saturated heterocycles. The van der Waals surface area contributed by atoms with Crippen molar-refractivity contribution in [3.8, 4) is 11.5 Å². The zero-order valence-electron chi connectivity index (χ0n) is 18.3. The first-order valence-electron chi connectivity index (χ1n) is 10.6. The average molecular weight is 471 g/mol. The molecule has 0 radical (unpaired) electrons. The molecule has 0 unspecified atom stereocenters. The molecule has 0 amide bonds. The normalized spacial score (nSPS) is 14.6. The number of anilines is 3. The highest BCUT2D eigenvalue weighted by Gasteiger charge is 2.25. The van der Waals surface area contributed by atoms with Crippen molar-refractivity contribution in [1.82, 2.24) is 19.3 Å². The summed E-state index contributed by atoms with van der Waals surface area (Å²) in [6, 6.07) is 13.7. The fraction of sp³-hybridized carbons (Fsp3) is 0.318. The van der Waals surface area contributed by atoms with Crippen LogP contribution in [0.2, 0.25) is 0 Å². The van der Waals surface area contributed by atoms with E-state index in [9.17, 15) is 8.42 Å². The van der Waals surface area contributed by atoms with Gasteiger partial charge in [0.25, 0.3) is 0 Å². The van der Waals surface area contributed by atoms with E-state index in [1.165, 1.54) is 4.31 Å². The van der Waals surface area contributed by atoms with Gasteiger partial charge in [0.05, 0.1) is 17.7 Å². The summed E-state index contributed by atoms with van der Waals surface area (Å²) in [5, 5.41) is 3.06. The second kappa shape index (κ2) is 10.0. The molecule has 2 heterocycles. The number of nitrogen functional groups attached to an aromatic ring is 1. The third-order valence-corrected chi connectivity index (χ3v) is 7.11. The highest BCUT2D eigenvalue weighted by molar-refractivity contribution is 7.89. The number of benzene rings is 2. The molecule has 1 fully saturated rings. The molecular formula is C22H26N6O4S. The van der Waals surface area contributed by atoms with Gasteiger partial charge in [-0.3, -0.25) is 0 Å². The van der Waals surface area contributed by atoms with Gasteiger partial charge in [-0.1, -0.05) is 18.6 Å². The SMILES string of the molecule is COc1ccccc1Nc1nc(N)nc(COc2ccc(S(=O)(=O)N3CCCCC3)cc2)n1. The van der Waals surface area contributed by atoms with Crippen LogP contribution < -0.4 is 20.5 Å². The topological polar surface area (TPSA) is 133 Å². The van der Waals surface area contributed by atoms with Gasteiger partial charge in [0.15, 0.2) is 5.82 Å². The second-order valence-corrected chi connectivity index (χ2v) is 9.42. The first kappa shape index (κ1) is 22.7. The van der Waals surface area contributed by atoms with E-state index >= 15 is 0 Å². The van der Waals surface area contributed by atoms with Gasteiger partial charge in [-0.15, -0.1) is 0 Å². The minimum Gasteiger partial charge on any atom is -0.495 e. The van der Waals surface area contributed by atoms with Gasteiger partial charge < -0.3 is 20.5 Å². The monoisotopic (exact) mass is 470 g/mol. The lowest BCUT2D eigenvalue weighted by molar-refractivity contribution is 0.295. The van der Waals surface area contributed by atoms with Gasteiger partial charge in [-0.2, -0.15) is 19.3 Å². The lowest BCUT2D eigenvalue weighted by Gasteiger charge is -2.25. The van der Waals surface area contributed by atoms with E-state index < -0.39 is 10.0 Å². The van der Waals surface area contributed by atoms with Gasteiger partial charge in [0.2, 0.25) is 21.9 Å². The van der Waals surface area contributed by atoms with E-state index in [0.29, 0.717) is 36.1 Å². The highest BCUT2D eigenvalue weighted by atomic mass is 32.2. The number of para-hydroxylation sites is 2. The van der Waals surface area contributed by atoms with Crippen molar-refractivity contribution in [3.05, 3.63) is 54.4 Å². The predicted octanol–water partition coefficient (Wildman–Crippen LogP) is 2.96. The molecule has 0 atom stereocenters. The van der Waals surface area contributed by atoms with Gasteiger partial charge in [-0.05, 0) is 49.2 Å². The molecule has 0 bridgehead atoms. The van der Waals surface area contributed by atoms with Gasteiger partial charge in [-0.25, -0.2) is 8.42 Å². The molecule has 4 rings (SSSR count). The van der Waals surface area contributed by atoms with Crippen molar-refractivity contribution >= 4 is 27.6 Å². The Morgan fingerprint density at radius 2 is 1.73 bits per heavy atom. The number of aromatic nitrogens is 3. The van der Waals surface area contributed by atoms with E-state index in [-0.39, 0.29) is 23.4 Å². The molecule has 2 aromatic carbocycles. The third kappa shape index (κ3) is 5.49. The Hall–Kier alpha value is -3.44. The van der Waals surface area contributed by atoms with Crippen LogP contribution >= 0.6 is 0 Å². The summed E-state index contributed by atoms with van der Waals surface area (Å²) >= 11 is 0. The second-order valence-electron chi connectivity index (χ2n) is 7.48. The maximum atomic E-state index is 12.8. The first-order valence-corrected chi connectivity index (χ1v) is 12.0. The Kier molecular flexibility index (Phi) is 6.90. The lowest BCUT2D eigenvalue weighted by Crippen LogP contribution is -2.35. The minimum absolute atomic E-state index is 0.0333. The molecule has 0 aliphatic carbocycles. The van der Waals surface area contributed by atoms with Crippen molar-refractivity contribution in [3.63, 3.8) is 0 Å². The number of nitrogens with zero attached hydrogens (tertiary/aromatic N) is 4. The molecule has 0 saturated carbocycles. The van der Waals surface area contributed by atoms with Crippen LogP contribution in [0.4, 0.5) is 17.6 Å². The van der Waals surface area contributed by atoms with E-state index in [0.717, 1.165) is 19.3 Å². The largest absolute Gasteiger partial charge is 0.495 e. The molecule has 174 valence electrons. The molecule has 33 heavy (non-hydrogen) atoms. The molecule has 11 heteroatoms. The maximum absolute atomic E-state index is 12.8. The van der Waals surface area contributed by atoms with Crippen molar-refractivity contribution in [2.75, 3.05) is 31.2 Å².